The monoisotopic (exact) mass is 869 g/mol. The van der Waals surface area contributed by atoms with Gasteiger partial charge in [-0.2, -0.15) is 0 Å². The van der Waals surface area contributed by atoms with Crippen LogP contribution < -0.4 is 9.80 Å². The molecule has 12 aromatic rings. The molecule has 322 valence electrons. The zero-order valence-corrected chi connectivity index (χ0v) is 38.0. The van der Waals surface area contributed by atoms with Crippen molar-refractivity contribution in [3.63, 3.8) is 0 Å². The lowest BCUT2D eigenvalue weighted by Crippen LogP contribution is -2.16. The number of rotatable bonds is 8. The lowest BCUT2D eigenvalue weighted by molar-refractivity contribution is 0.661. The van der Waals surface area contributed by atoms with E-state index in [2.05, 4.69) is 277 Å². The second-order valence-corrected chi connectivity index (χ2v) is 18.6. The van der Waals surface area contributed by atoms with Gasteiger partial charge in [-0.1, -0.05) is 178 Å². The van der Waals surface area contributed by atoms with Gasteiger partial charge < -0.3 is 14.4 Å². The summed E-state index contributed by atoms with van der Waals surface area (Å²) in [5, 5.41) is 7.19. The Morgan fingerprint density at radius 1 is 0.324 bits per heavy atom. The molecule has 3 nitrogen and oxygen atoms in total. The van der Waals surface area contributed by atoms with Crippen molar-refractivity contribution in [2.45, 2.75) is 19.3 Å². The van der Waals surface area contributed by atoms with Crippen LogP contribution in [0.1, 0.15) is 25.0 Å². The van der Waals surface area contributed by atoms with Crippen LogP contribution in [-0.4, -0.2) is 4.57 Å². The molecule has 68 heavy (non-hydrogen) atoms. The van der Waals surface area contributed by atoms with Crippen LogP contribution >= 0.6 is 0 Å². The predicted molar refractivity (Wildman–Crippen MR) is 288 cm³/mol. The van der Waals surface area contributed by atoms with Crippen molar-refractivity contribution < 1.29 is 0 Å². The molecule has 0 unspecified atom stereocenters. The maximum atomic E-state index is 2.53. The summed E-state index contributed by atoms with van der Waals surface area (Å²) in [4.78, 5) is 4.95. The Bertz CT molecular complexity index is 3860. The summed E-state index contributed by atoms with van der Waals surface area (Å²) in [7, 11) is 0. The van der Waals surface area contributed by atoms with Crippen molar-refractivity contribution in [1.82, 2.24) is 4.57 Å². The van der Waals surface area contributed by atoms with Gasteiger partial charge in [-0.15, -0.1) is 0 Å². The standard InChI is InChI=1S/C65H47N3/c1-65(2)59-30-16-14-28-54(59)58-40-47-39-52(66(48-23-8-4-9-24-48)50-35-33-45(34-36-50)44-19-6-3-7-20-44)42-64(57(47)43-60(58)65)68(61-32-18-22-46-21-12-13-27-53(46)61)51-37-38-56-55-29-15-17-31-62(55)67(63(56)41-51)49-25-10-5-11-26-49/h3-43H,1-2H3. The Kier molecular flexibility index (Phi) is 9.19. The molecule has 0 radical (unpaired) electrons. The summed E-state index contributed by atoms with van der Waals surface area (Å²) in [6.45, 7) is 4.76. The maximum Gasteiger partial charge on any atom is 0.0561 e. The number of nitrogens with zero attached hydrogens (tertiary/aromatic N) is 3. The fourth-order valence-corrected chi connectivity index (χ4v) is 11.1. The minimum absolute atomic E-state index is 0.188. The molecule has 0 amide bonds. The average molecular weight is 870 g/mol. The van der Waals surface area contributed by atoms with Gasteiger partial charge in [0.15, 0.2) is 0 Å². The van der Waals surface area contributed by atoms with Gasteiger partial charge in [0.25, 0.3) is 0 Å². The second-order valence-electron chi connectivity index (χ2n) is 18.6. The molecule has 1 aliphatic rings. The highest BCUT2D eigenvalue weighted by Crippen LogP contribution is 2.53. The molecule has 1 heterocycles. The molecule has 0 atom stereocenters. The van der Waals surface area contributed by atoms with Gasteiger partial charge in [-0.05, 0) is 129 Å². The second kappa shape index (κ2) is 15.8. The normalized spacial score (nSPS) is 12.7. The number of para-hydroxylation sites is 3. The highest BCUT2D eigenvalue weighted by atomic mass is 15.2. The third-order valence-corrected chi connectivity index (χ3v) is 14.3. The van der Waals surface area contributed by atoms with E-state index in [1.165, 1.54) is 71.2 Å². The molecular formula is C65H47N3. The molecule has 0 spiro atoms. The lowest BCUT2D eigenvalue weighted by Gasteiger charge is -2.32. The minimum Gasteiger partial charge on any atom is -0.310 e. The third kappa shape index (κ3) is 6.35. The van der Waals surface area contributed by atoms with Crippen molar-refractivity contribution in [3.05, 3.63) is 260 Å². The summed E-state index contributed by atoms with van der Waals surface area (Å²) in [5.74, 6) is 0. The smallest absolute Gasteiger partial charge is 0.0561 e. The molecule has 11 aromatic carbocycles. The Balaban J connectivity index is 1.13. The van der Waals surface area contributed by atoms with E-state index in [-0.39, 0.29) is 5.41 Å². The van der Waals surface area contributed by atoms with Gasteiger partial charge in [-0.3, -0.25) is 0 Å². The van der Waals surface area contributed by atoms with Gasteiger partial charge in [0.2, 0.25) is 0 Å². The zero-order chi connectivity index (χ0) is 45.3. The number of aromatic nitrogens is 1. The van der Waals surface area contributed by atoms with E-state index in [1.807, 2.05) is 0 Å². The molecule has 13 rings (SSSR count). The van der Waals surface area contributed by atoms with Crippen LogP contribution in [-0.2, 0) is 5.41 Å². The van der Waals surface area contributed by atoms with Gasteiger partial charge in [-0.25, -0.2) is 0 Å². The van der Waals surface area contributed by atoms with Crippen LogP contribution in [0.4, 0.5) is 34.1 Å². The van der Waals surface area contributed by atoms with Gasteiger partial charge >= 0.3 is 0 Å². The molecule has 0 saturated carbocycles. The molecule has 3 heteroatoms. The van der Waals surface area contributed by atoms with Crippen LogP contribution in [0, 0.1) is 0 Å². The quantitative estimate of drug-likeness (QED) is 0.151. The summed E-state index contributed by atoms with van der Waals surface area (Å²) in [6.07, 6.45) is 0. The minimum atomic E-state index is -0.188. The molecule has 0 saturated heterocycles. The van der Waals surface area contributed by atoms with Crippen molar-refractivity contribution in [2.24, 2.45) is 0 Å². The summed E-state index contributed by atoms with van der Waals surface area (Å²) in [5.41, 5.74) is 17.5. The first kappa shape index (κ1) is 39.7. The molecule has 0 aliphatic heterocycles. The summed E-state index contributed by atoms with van der Waals surface area (Å²) < 4.78 is 2.42. The van der Waals surface area contributed by atoms with Gasteiger partial charge in [0.05, 0.1) is 22.4 Å². The zero-order valence-electron chi connectivity index (χ0n) is 38.0. The van der Waals surface area contributed by atoms with Crippen LogP contribution in [0.5, 0.6) is 0 Å². The first-order valence-corrected chi connectivity index (χ1v) is 23.6. The van der Waals surface area contributed by atoms with E-state index in [0.29, 0.717) is 0 Å². The Labute approximate surface area is 397 Å². The topological polar surface area (TPSA) is 11.4 Å². The summed E-state index contributed by atoms with van der Waals surface area (Å²) >= 11 is 0. The van der Waals surface area contributed by atoms with Crippen LogP contribution in [0.15, 0.2) is 249 Å². The number of anilines is 6. The number of benzene rings is 11. The molecule has 0 fully saturated rings. The average Bonchev–Trinajstić information content (AvgIpc) is 3.84. The third-order valence-electron chi connectivity index (χ3n) is 14.3. The summed E-state index contributed by atoms with van der Waals surface area (Å²) in [6, 6.07) is 91.4. The van der Waals surface area contributed by atoms with E-state index in [4.69, 9.17) is 0 Å². The first-order chi connectivity index (χ1) is 33.5. The fourth-order valence-electron chi connectivity index (χ4n) is 11.1. The Morgan fingerprint density at radius 2 is 0.941 bits per heavy atom. The van der Waals surface area contributed by atoms with Crippen molar-refractivity contribution in [1.29, 1.82) is 0 Å². The largest absolute Gasteiger partial charge is 0.310 e. The van der Waals surface area contributed by atoms with Crippen LogP contribution in [0.25, 0.3) is 71.3 Å². The predicted octanol–water partition coefficient (Wildman–Crippen LogP) is 18.0. The first-order valence-electron chi connectivity index (χ1n) is 23.6. The number of hydrogen-bond acceptors (Lipinski definition) is 2. The fraction of sp³-hybridized carbons (Fsp3) is 0.0462. The van der Waals surface area contributed by atoms with E-state index in [1.54, 1.807) is 0 Å². The highest BCUT2D eigenvalue weighted by Gasteiger charge is 2.36. The van der Waals surface area contributed by atoms with Gasteiger partial charge in [0, 0.05) is 55.4 Å². The number of hydrogen-bond donors (Lipinski definition) is 0. The molecule has 1 aromatic heterocycles. The van der Waals surface area contributed by atoms with Crippen molar-refractivity contribution in [2.75, 3.05) is 9.80 Å². The van der Waals surface area contributed by atoms with Crippen LogP contribution in [0.2, 0.25) is 0 Å². The Morgan fingerprint density at radius 3 is 1.75 bits per heavy atom. The van der Waals surface area contributed by atoms with Gasteiger partial charge in [0.1, 0.15) is 0 Å². The van der Waals surface area contributed by atoms with Crippen LogP contribution in [0.3, 0.4) is 0 Å². The van der Waals surface area contributed by atoms with E-state index in [0.717, 1.165) is 45.3 Å². The van der Waals surface area contributed by atoms with E-state index >= 15 is 0 Å². The maximum absolute atomic E-state index is 2.53. The molecule has 0 N–H and O–H groups in total. The SMILES string of the molecule is CC1(C)c2ccccc2-c2cc3cc(N(c4ccccc4)c4ccc(-c5ccccc5)cc4)cc(N(c4ccc5c6ccccc6n(-c6ccccc6)c5c4)c4cccc5ccccc45)c3cc21. The highest BCUT2D eigenvalue weighted by molar-refractivity contribution is 6.13. The van der Waals surface area contributed by atoms with E-state index in [9.17, 15) is 0 Å². The van der Waals surface area contributed by atoms with Crippen molar-refractivity contribution >= 4 is 77.5 Å². The molecular weight excluding hydrogens is 823 g/mol. The molecule has 1 aliphatic carbocycles. The number of fused-ring (bicyclic) bond motifs is 8. The Hall–Kier alpha value is -8.66. The molecule has 0 bridgehead atoms. The van der Waals surface area contributed by atoms with Crippen molar-refractivity contribution in [3.8, 4) is 27.9 Å². The lowest BCUT2D eigenvalue weighted by atomic mass is 9.81. The van der Waals surface area contributed by atoms with E-state index < -0.39 is 0 Å².